The molecule has 1 fully saturated rings. The maximum Gasteiger partial charge on any atom is 0.411 e. The summed E-state index contributed by atoms with van der Waals surface area (Å²) in [5.74, 6) is -1.96. The summed E-state index contributed by atoms with van der Waals surface area (Å²) < 4.78 is 15.5. The van der Waals surface area contributed by atoms with Crippen LogP contribution in [0.2, 0.25) is 0 Å². The average molecular weight is 365 g/mol. The number of nitrogens with zero attached hydrogens (tertiary/aromatic N) is 1. The lowest BCUT2D eigenvalue weighted by atomic mass is 10.2. The summed E-state index contributed by atoms with van der Waals surface area (Å²) in [6.45, 7) is 5.05. The number of carboxylic acid groups (broad SMARTS) is 1. The summed E-state index contributed by atoms with van der Waals surface area (Å²) in [7, 11) is 0. The third-order valence-corrected chi connectivity index (χ3v) is 3.47. The molecule has 1 unspecified atom stereocenters. The Morgan fingerprint density at radius 1 is 1.27 bits per heavy atom. The molecule has 1 aromatic rings. The molecule has 26 heavy (non-hydrogen) atoms. The van der Waals surface area contributed by atoms with Gasteiger partial charge in [-0.2, -0.15) is 0 Å². The van der Waals surface area contributed by atoms with E-state index in [4.69, 9.17) is 14.2 Å². The number of hydrogen-bond acceptors (Lipinski definition) is 6. The Labute approximate surface area is 151 Å². The highest BCUT2D eigenvalue weighted by Gasteiger charge is 2.38. The van der Waals surface area contributed by atoms with Crippen LogP contribution in [0, 0.1) is 0 Å². The van der Waals surface area contributed by atoms with E-state index in [-0.39, 0.29) is 12.6 Å². The van der Waals surface area contributed by atoms with Crippen LogP contribution in [0.5, 0.6) is 0 Å². The Kier molecular flexibility index (Phi) is 6.20. The van der Waals surface area contributed by atoms with Crippen molar-refractivity contribution in [2.45, 2.75) is 38.5 Å². The molecule has 1 aliphatic rings. The van der Waals surface area contributed by atoms with Gasteiger partial charge in [0, 0.05) is 0 Å². The number of carbonyl (C=O) groups is 3. The third kappa shape index (κ3) is 6.03. The van der Waals surface area contributed by atoms with E-state index in [9.17, 15) is 19.5 Å². The van der Waals surface area contributed by atoms with Crippen molar-refractivity contribution in [1.29, 1.82) is 0 Å². The van der Waals surface area contributed by atoms with E-state index in [1.54, 1.807) is 51.1 Å². The van der Waals surface area contributed by atoms with Crippen LogP contribution >= 0.6 is 0 Å². The topological polar surface area (TPSA) is 106 Å². The van der Waals surface area contributed by atoms with Gasteiger partial charge in [-0.3, -0.25) is 4.90 Å². The van der Waals surface area contributed by atoms with Crippen LogP contribution in [-0.4, -0.2) is 65.5 Å². The molecule has 0 spiro atoms. The van der Waals surface area contributed by atoms with Gasteiger partial charge in [-0.15, -0.1) is 0 Å². The molecular formula is C18H23NO7. The molecule has 1 aliphatic heterocycles. The van der Waals surface area contributed by atoms with Crippen LogP contribution in [0.15, 0.2) is 30.3 Å². The highest BCUT2D eigenvalue weighted by molar-refractivity contribution is 5.89. The van der Waals surface area contributed by atoms with Crippen molar-refractivity contribution in [2.75, 3.05) is 19.8 Å². The lowest BCUT2D eigenvalue weighted by molar-refractivity contribution is -0.144. The second-order valence-corrected chi connectivity index (χ2v) is 6.91. The molecule has 1 amide bonds. The molecule has 1 N–H and O–H groups in total. The zero-order valence-electron chi connectivity index (χ0n) is 15.0. The molecule has 1 aromatic carbocycles. The maximum atomic E-state index is 12.4. The normalized spacial score (nSPS) is 17.1. The summed E-state index contributed by atoms with van der Waals surface area (Å²) in [4.78, 5) is 37.2. The van der Waals surface area contributed by atoms with Crippen LogP contribution in [0.4, 0.5) is 4.79 Å². The fourth-order valence-corrected chi connectivity index (χ4v) is 2.15. The third-order valence-electron chi connectivity index (χ3n) is 3.47. The van der Waals surface area contributed by atoms with E-state index in [2.05, 4.69) is 0 Å². The summed E-state index contributed by atoms with van der Waals surface area (Å²) in [5.41, 5.74) is -0.491. The zero-order valence-corrected chi connectivity index (χ0v) is 15.0. The number of hydrogen-bond donors (Lipinski definition) is 1. The SMILES string of the molecule is CC(C)(C)OC(=O)N(CC1CO1)[C@@H](COC(=O)c1ccccc1)C(=O)O. The first-order valence-corrected chi connectivity index (χ1v) is 8.23. The van der Waals surface area contributed by atoms with Crippen LogP contribution in [0.3, 0.4) is 0 Å². The minimum absolute atomic E-state index is 0.0504. The highest BCUT2D eigenvalue weighted by atomic mass is 16.6. The van der Waals surface area contributed by atoms with Gasteiger partial charge < -0.3 is 19.3 Å². The fourth-order valence-electron chi connectivity index (χ4n) is 2.15. The molecule has 0 bridgehead atoms. The summed E-state index contributed by atoms with van der Waals surface area (Å²) in [5, 5.41) is 9.53. The number of carbonyl (C=O) groups excluding carboxylic acids is 2. The fraction of sp³-hybridized carbons (Fsp3) is 0.500. The molecule has 0 aromatic heterocycles. The van der Waals surface area contributed by atoms with E-state index >= 15 is 0 Å². The Morgan fingerprint density at radius 3 is 2.38 bits per heavy atom. The lowest BCUT2D eigenvalue weighted by Crippen LogP contribution is -2.51. The van der Waals surface area contributed by atoms with Gasteiger partial charge in [0.1, 0.15) is 12.2 Å². The first kappa shape index (κ1) is 19.7. The predicted octanol–water partition coefficient (Wildman–Crippen LogP) is 1.93. The number of epoxide rings is 1. The highest BCUT2D eigenvalue weighted by Crippen LogP contribution is 2.18. The van der Waals surface area contributed by atoms with Crippen molar-refractivity contribution < 1.29 is 33.7 Å². The number of ether oxygens (including phenoxy) is 3. The van der Waals surface area contributed by atoms with Crippen molar-refractivity contribution >= 4 is 18.0 Å². The van der Waals surface area contributed by atoms with Crippen molar-refractivity contribution in [1.82, 2.24) is 4.90 Å². The first-order valence-electron chi connectivity index (χ1n) is 8.23. The summed E-state index contributed by atoms with van der Waals surface area (Å²) in [6.07, 6.45) is -1.04. The van der Waals surface area contributed by atoms with Crippen molar-refractivity contribution in [2.24, 2.45) is 0 Å². The summed E-state index contributed by atoms with van der Waals surface area (Å²) >= 11 is 0. The minimum Gasteiger partial charge on any atom is -0.480 e. The molecule has 8 heteroatoms. The zero-order chi connectivity index (χ0) is 19.3. The van der Waals surface area contributed by atoms with Gasteiger partial charge in [0.25, 0.3) is 0 Å². The van der Waals surface area contributed by atoms with E-state index in [1.165, 1.54) is 0 Å². The molecule has 8 nitrogen and oxygen atoms in total. The van der Waals surface area contributed by atoms with E-state index < -0.39 is 36.3 Å². The monoisotopic (exact) mass is 365 g/mol. The van der Waals surface area contributed by atoms with E-state index in [0.29, 0.717) is 12.2 Å². The van der Waals surface area contributed by atoms with Crippen LogP contribution in [-0.2, 0) is 19.0 Å². The standard InChI is InChI=1S/C18H23NO7/c1-18(2,3)26-17(23)19(9-13-10-24-13)14(15(20)21)11-25-16(22)12-7-5-4-6-8-12/h4-8,13-14H,9-11H2,1-3H3,(H,20,21)/t13?,14-/m0/s1. The smallest absolute Gasteiger partial charge is 0.411 e. The molecule has 2 rings (SSSR count). The van der Waals surface area contributed by atoms with Gasteiger partial charge in [0.05, 0.1) is 24.8 Å². The van der Waals surface area contributed by atoms with Crippen LogP contribution < -0.4 is 0 Å². The van der Waals surface area contributed by atoms with Gasteiger partial charge in [-0.25, -0.2) is 14.4 Å². The van der Waals surface area contributed by atoms with Gasteiger partial charge >= 0.3 is 18.0 Å². The Bertz CT molecular complexity index is 649. The number of esters is 1. The second-order valence-electron chi connectivity index (χ2n) is 6.91. The Morgan fingerprint density at radius 2 is 1.88 bits per heavy atom. The largest absolute Gasteiger partial charge is 0.480 e. The number of rotatable bonds is 7. The first-order chi connectivity index (χ1) is 12.2. The van der Waals surface area contributed by atoms with Gasteiger partial charge in [0.15, 0.2) is 6.04 Å². The molecule has 142 valence electrons. The maximum absolute atomic E-state index is 12.4. The van der Waals surface area contributed by atoms with Gasteiger partial charge in [0.2, 0.25) is 0 Å². The van der Waals surface area contributed by atoms with Crippen LogP contribution in [0.1, 0.15) is 31.1 Å². The molecule has 0 radical (unpaired) electrons. The van der Waals surface area contributed by atoms with Gasteiger partial charge in [-0.1, -0.05) is 18.2 Å². The minimum atomic E-state index is -1.37. The molecule has 0 aliphatic carbocycles. The van der Waals surface area contributed by atoms with E-state index in [0.717, 1.165) is 4.90 Å². The number of aliphatic carboxylic acids is 1. The molecule has 2 atom stereocenters. The number of carboxylic acids is 1. The molecular weight excluding hydrogens is 342 g/mol. The Balaban J connectivity index is 2.08. The number of amides is 1. The van der Waals surface area contributed by atoms with Crippen LogP contribution in [0.25, 0.3) is 0 Å². The van der Waals surface area contributed by atoms with Crippen molar-refractivity contribution in [3.8, 4) is 0 Å². The second kappa shape index (κ2) is 8.18. The predicted molar refractivity (Wildman–Crippen MR) is 90.8 cm³/mol. The molecule has 1 heterocycles. The van der Waals surface area contributed by atoms with Gasteiger partial charge in [-0.05, 0) is 32.9 Å². The average Bonchev–Trinajstić information content (AvgIpc) is 3.36. The molecule has 1 saturated heterocycles. The number of benzene rings is 1. The van der Waals surface area contributed by atoms with Crippen molar-refractivity contribution in [3.05, 3.63) is 35.9 Å². The summed E-state index contributed by atoms with van der Waals surface area (Å²) in [6, 6.07) is 6.83. The lowest BCUT2D eigenvalue weighted by Gasteiger charge is -2.30. The van der Waals surface area contributed by atoms with Crippen molar-refractivity contribution in [3.63, 3.8) is 0 Å². The molecule has 0 saturated carbocycles. The van der Waals surface area contributed by atoms with E-state index in [1.807, 2.05) is 0 Å². The Hall–Kier alpha value is -2.61. The quantitative estimate of drug-likeness (QED) is 0.581.